The highest BCUT2D eigenvalue weighted by atomic mass is 35.5. The number of hydrogen-bond donors (Lipinski definition) is 0. The van der Waals surface area contributed by atoms with Crippen LogP contribution in [0.25, 0.3) is 5.69 Å². The van der Waals surface area contributed by atoms with Gasteiger partial charge in [0.2, 0.25) is 0 Å². The molecule has 1 fully saturated rings. The molecule has 1 saturated heterocycles. The number of piperazine rings is 1. The highest BCUT2D eigenvalue weighted by Gasteiger charge is 2.28. The molecule has 10 nitrogen and oxygen atoms in total. The molecule has 1 amide bonds. The van der Waals surface area contributed by atoms with Crippen LogP contribution in [0.3, 0.4) is 0 Å². The van der Waals surface area contributed by atoms with Crippen LogP contribution in [0, 0.1) is 10.1 Å². The molecule has 0 aliphatic carbocycles. The molecule has 30 heavy (non-hydrogen) atoms. The zero-order valence-electron chi connectivity index (χ0n) is 15.9. The summed E-state index contributed by atoms with van der Waals surface area (Å²) in [7, 11) is 0. The predicted molar refractivity (Wildman–Crippen MR) is 108 cm³/mol. The molecule has 1 aromatic heterocycles. The van der Waals surface area contributed by atoms with Crippen LogP contribution < -0.4 is 0 Å². The molecular formula is C19H18ClN7O3. The van der Waals surface area contributed by atoms with Crippen LogP contribution in [0.5, 0.6) is 0 Å². The van der Waals surface area contributed by atoms with Gasteiger partial charge in [0.25, 0.3) is 11.6 Å². The number of nitro groups is 1. The number of aromatic nitrogens is 4. The molecule has 3 aromatic rings. The second kappa shape index (κ2) is 8.56. The summed E-state index contributed by atoms with van der Waals surface area (Å²) in [5, 5.41) is 23.5. The molecule has 0 bridgehead atoms. The molecule has 0 radical (unpaired) electrons. The van der Waals surface area contributed by atoms with Gasteiger partial charge in [0.1, 0.15) is 5.56 Å². The highest BCUT2D eigenvalue weighted by Crippen LogP contribution is 2.24. The molecule has 1 aliphatic heterocycles. The van der Waals surface area contributed by atoms with Gasteiger partial charge in [-0.1, -0.05) is 29.8 Å². The number of benzene rings is 2. The number of rotatable bonds is 5. The fraction of sp³-hybridized carbons (Fsp3) is 0.263. The van der Waals surface area contributed by atoms with Gasteiger partial charge in [-0.2, -0.15) is 4.68 Å². The smallest absolute Gasteiger partial charge is 0.282 e. The number of hydrogen-bond acceptors (Lipinski definition) is 7. The fourth-order valence-corrected chi connectivity index (χ4v) is 3.56. The molecule has 0 atom stereocenters. The van der Waals surface area contributed by atoms with E-state index in [2.05, 4.69) is 20.4 Å². The maximum atomic E-state index is 12.8. The van der Waals surface area contributed by atoms with E-state index in [1.54, 1.807) is 9.58 Å². The first kappa shape index (κ1) is 19.9. The standard InChI is InChI=1S/C19H18ClN7O3/c20-14-6-7-17(27(29)30)16(12-14)19(28)25-10-8-24(9-11-25)13-18-21-22-23-26(18)15-4-2-1-3-5-15/h1-7,12H,8-11,13H2. The number of carbonyl (C=O) groups is 1. The Bertz CT molecular complexity index is 1060. The van der Waals surface area contributed by atoms with Crippen molar-refractivity contribution in [2.45, 2.75) is 6.54 Å². The Kier molecular flexibility index (Phi) is 5.68. The molecule has 11 heteroatoms. The van der Waals surface area contributed by atoms with Crippen LogP contribution in [-0.4, -0.2) is 67.0 Å². The van der Waals surface area contributed by atoms with Gasteiger partial charge in [-0.05, 0) is 34.7 Å². The van der Waals surface area contributed by atoms with Crippen molar-refractivity contribution in [2.24, 2.45) is 0 Å². The second-order valence-corrected chi connectivity index (χ2v) is 7.27. The van der Waals surface area contributed by atoms with Crippen molar-refractivity contribution < 1.29 is 9.72 Å². The number of nitrogens with zero attached hydrogens (tertiary/aromatic N) is 7. The van der Waals surface area contributed by atoms with Crippen LogP contribution in [0.4, 0.5) is 5.69 Å². The van der Waals surface area contributed by atoms with Crippen molar-refractivity contribution in [3.63, 3.8) is 0 Å². The minimum absolute atomic E-state index is 0.00831. The lowest BCUT2D eigenvalue weighted by Gasteiger charge is -2.34. The minimum Gasteiger partial charge on any atom is -0.336 e. The topological polar surface area (TPSA) is 110 Å². The van der Waals surface area contributed by atoms with Gasteiger partial charge in [-0.25, -0.2) is 0 Å². The van der Waals surface area contributed by atoms with E-state index in [4.69, 9.17) is 11.6 Å². The maximum absolute atomic E-state index is 12.8. The van der Waals surface area contributed by atoms with Crippen LogP contribution in [0.15, 0.2) is 48.5 Å². The summed E-state index contributed by atoms with van der Waals surface area (Å²) in [6.45, 7) is 2.61. The molecule has 154 valence electrons. The van der Waals surface area contributed by atoms with Crippen molar-refractivity contribution in [2.75, 3.05) is 26.2 Å². The van der Waals surface area contributed by atoms with Crippen LogP contribution >= 0.6 is 11.6 Å². The van der Waals surface area contributed by atoms with Gasteiger partial charge in [0, 0.05) is 37.3 Å². The van der Waals surface area contributed by atoms with Gasteiger partial charge < -0.3 is 4.90 Å². The summed E-state index contributed by atoms with van der Waals surface area (Å²) in [4.78, 5) is 27.3. The van der Waals surface area contributed by atoms with Gasteiger partial charge in [0.05, 0.1) is 17.2 Å². The van der Waals surface area contributed by atoms with E-state index in [-0.39, 0.29) is 16.3 Å². The van der Waals surface area contributed by atoms with E-state index in [0.717, 1.165) is 5.69 Å². The van der Waals surface area contributed by atoms with Gasteiger partial charge >= 0.3 is 0 Å². The molecule has 2 aromatic carbocycles. The van der Waals surface area contributed by atoms with E-state index in [9.17, 15) is 14.9 Å². The normalized spacial score (nSPS) is 14.6. The van der Waals surface area contributed by atoms with Crippen molar-refractivity contribution in [3.05, 3.63) is 75.1 Å². The number of amides is 1. The minimum atomic E-state index is -0.566. The first-order valence-corrected chi connectivity index (χ1v) is 9.69. The Morgan fingerprint density at radius 1 is 1.10 bits per heavy atom. The number of nitro benzene ring substituents is 1. The van der Waals surface area contributed by atoms with E-state index in [0.29, 0.717) is 38.5 Å². The Morgan fingerprint density at radius 3 is 2.53 bits per heavy atom. The number of para-hydroxylation sites is 1. The van der Waals surface area contributed by atoms with E-state index in [1.807, 2.05) is 30.3 Å². The highest BCUT2D eigenvalue weighted by molar-refractivity contribution is 6.31. The van der Waals surface area contributed by atoms with Crippen molar-refractivity contribution in [3.8, 4) is 5.69 Å². The number of carbonyl (C=O) groups excluding carboxylic acids is 1. The van der Waals surface area contributed by atoms with Crippen molar-refractivity contribution >= 4 is 23.2 Å². The molecule has 0 N–H and O–H groups in total. The molecule has 2 heterocycles. The van der Waals surface area contributed by atoms with E-state index >= 15 is 0 Å². The largest absolute Gasteiger partial charge is 0.336 e. The Labute approximate surface area is 176 Å². The van der Waals surface area contributed by atoms with Gasteiger partial charge in [0.15, 0.2) is 5.82 Å². The lowest BCUT2D eigenvalue weighted by Crippen LogP contribution is -2.48. The summed E-state index contributed by atoms with van der Waals surface area (Å²) < 4.78 is 1.69. The zero-order valence-corrected chi connectivity index (χ0v) is 16.6. The molecule has 0 saturated carbocycles. The molecule has 4 rings (SSSR count). The molecule has 0 unspecified atom stereocenters. The first-order chi connectivity index (χ1) is 14.5. The quantitative estimate of drug-likeness (QED) is 0.453. The summed E-state index contributed by atoms with van der Waals surface area (Å²) in [5.74, 6) is 0.310. The summed E-state index contributed by atoms with van der Waals surface area (Å²) >= 11 is 5.95. The summed E-state index contributed by atoms with van der Waals surface area (Å²) in [6, 6.07) is 13.6. The lowest BCUT2D eigenvalue weighted by atomic mass is 10.1. The first-order valence-electron chi connectivity index (χ1n) is 9.31. The van der Waals surface area contributed by atoms with Gasteiger partial charge in [-0.3, -0.25) is 19.8 Å². The van der Waals surface area contributed by atoms with E-state index in [1.165, 1.54) is 18.2 Å². The molecule has 0 spiro atoms. The van der Waals surface area contributed by atoms with Crippen molar-refractivity contribution in [1.29, 1.82) is 0 Å². The average Bonchev–Trinajstić information content (AvgIpc) is 3.22. The Morgan fingerprint density at radius 2 is 1.83 bits per heavy atom. The summed E-state index contributed by atoms with van der Waals surface area (Å²) in [5.41, 5.74) is 0.641. The number of halogens is 1. The second-order valence-electron chi connectivity index (χ2n) is 6.83. The fourth-order valence-electron chi connectivity index (χ4n) is 3.39. The number of tetrazole rings is 1. The van der Waals surface area contributed by atoms with Crippen LogP contribution in [0.1, 0.15) is 16.2 Å². The van der Waals surface area contributed by atoms with Crippen LogP contribution in [0.2, 0.25) is 5.02 Å². The Hall–Kier alpha value is -3.37. The maximum Gasteiger partial charge on any atom is 0.282 e. The monoisotopic (exact) mass is 427 g/mol. The van der Waals surface area contributed by atoms with E-state index < -0.39 is 10.8 Å². The Balaban J connectivity index is 1.42. The third-order valence-electron chi connectivity index (χ3n) is 4.95. The van der Waals surface area contributed by atoms with Crippen molar-refractivity contribution in [1.82, 2.24) is 30.0 Å². The molecular weight excluding hydrogens is 410 g/mol. The average molecular weight is 428 g/mol. The van der Waals surface area contributed by atoms with Gasteiger partial charge in [-0.15, -0.1) is 5.10 Å². The third-order valence-corrected chi connectivity index (χ3v) is 5.18. The molecule has 1 aliphatic rings. The third kappa shape index (κ3) is 4.14. The SMILES string of the molecule is O=C(c1cc(Cl)ccc1[N+](=O)[O-])N1CCN(Cc2nnnn2-c2ccccc2)CC1. The summed E-state index contributed by atoms with van der Waals surface area (Å²) in [6.07, 6.45) is 0. The predicted octanol–water partition coefficient (Wildman–Crippen LogP) is 2.18. The van der Waals surface area contributed by atoms with Crippen LogP contribution in [-0.2, 0) is 6.54 Å². The lowest BCUT2D eigenvalue weighted by molar-refractivity contribution is -0.385. The zero-order chi connectivity index (χ0) is 21.1.